The summed E-state index contributed by atoms with van der Waals surface area (Å²) in [6.07, 6.45) is 17.5. The summed E-state index contributed by atoms with van der Waals surface area (Å²) >= 11 is 6.39. The Bertz CT molecular complexity index is 1820. The van der Waals surface area contributed by atoms with E-state index in [0.29, 0.717) is 22.4 Å². The number of benzene rings is 2. The van der Waals surface area contributed by atoms with Gasteiger partial charge in [-0.25, -0.2) is 14.5 Å². The van der Waals surface area contributed by atoms with Gasteiger partial charge in [0, 0.05) is 17.5 Å². The van der Waals surface area contributed by atoms with Crippen LogP contribution < -0.4 is 16.3 Å². The summed E-state index contributed by atoms with van der Waals surface area (Å²) in [5, 5.41) is 5.76. The molecule has 0 bridgehead atoms. The van der Waals surface area contributed by atoms with Gasteiger partial charge in [0.05, 0.1) is 10.7 Å². The van der Waals surface area contributed by atoms with Gasteiger partial charge in [0.2, 0.25) is 11.7 Å². The number of anilines is 2. The molecular formula is C41H52ClN3O8. The van der Waals surface area contributed by atoms with Gasteiger partial charge >= 0.3 is 11.7 Å². The summed E-state index contributed by atoms with van der Waals surface area (Å²) in [4.78, 5) is 79.9. The second-order valence-corrected chi connectivity index (χ2v) is 14.6. The van der Waals surface area contributed by atoms with Gasteiger partial charge in [-0.3, -0.25) is 19.2 Å². The maximum absolute atomic E-state index is 13.9. The molecule has 4 rings (SSSR count). The van der Waals surface area contributed by atoms with Crippen molar-refractivity contribution in [1.29, 1.82) is 0 Å². The molecule has 1 fully saturated rings. The molecule has 2 heterocycles. The molecule has 4 amide bonds. The van der Waals surface area contributed by atoms with Crippen molar-refractivity contribution in [2.24, 2.45) is 0 Å². The highest BCUT2D eigenvalue weighted by Gasteiger charge is 2.54. The zero-order valence-electron chi connectivity index (χ0n) is 31.1. The number of amides is 4. The summed E-state index contributed by atoms with van der Waals surface area (Å²) in [5.41, 5.74) is -2.71. The number of ketones is 1. The second kappa shape index (κ2) is 20.1. The Morgan fingerprint density at radius 3 is 1.94 bits per heavy atom. The Labute approximate surface area is 316 Å². The maximum Gasteiger partial charge on any atom is 0.418 e. The maximum atomic E-state index is 13.9. The van der Waals surface area contributed by atoms with Crippen molar-refractivity contribution in [3.8, 4) is 0 Å². The topological polar surface area (TPSA) is 152 Å². The lowest BCUT2D eigenvalue weighted by Crippen LogP contribution is -2.53. The Kier molecular flexibility index (Phi) is 15.6. The van der Waals surface area contributed by atoms with Crippen LogP contribution in [0.4, 0.5) is 16.2 Å². The van der Waals surface area contributed by atoms with Crippen LogP contribution in [0.1, 0.15) is 134 Å². The standard InChI is InChI=1S/C41H52ClN3O8/c1-4-5-6-7-8-9-10-11-12-13-14-15-16-17-18-23-34(46)43-29-24-25-31(42)32(27-29)44-37(48)35(45-39(50)41(2,3)53-40(45)51)36(47)30-26-28-21-19-20-22-33(28)52-38(30)49/h19-22,24-27,35H,4-18,23H2,1-3H3,(H,43,46)(H,44,48). The van der Waals surface area contributed by atoms with E-state index in [4.69, 9.17) is 20.8 Å². The molecule has 1 aliphatic rings. The second-order valence-electron chi connectivity index (χ2n) is 14.2. The molecule has 0 radical (unpaired) electrons. The molecular weight excluding hydrogens is 698 g/mol. The van der Waals surface area contributed by atoms with E-state index in [-0.39, 0.29) is 22.2 Å². The van der Waals surface area contributed by atoms with Crippen LogP contribution >= 0.6 is 11.6 Å². The van der Waals surface area contributed by atoms with E-state index in [0.717, 1.165) is 25.7 Å². The zero-order chi connectivity index (χ0) is 38.4. The number of para-hydroxylation sites is 1. The first-order valence-electron chi connectivity index (χ1n) is 19.0. The molecule has 2 aromatic carbocycles. The van der Waals surface area contributed by atoms with E-state index in [9.17, 15) is 28.8 Å². The van der Waals surface area contributed by atoms with Crippen LogP contribution in [0, 0.1) is 0 Å². The van der Waals surface area contributed by atoms with E-state index in [1.165, 1.54) is 109 Å². The molecule has 0 aliphatic carbocycles. The average Bonchev–Trinajstić information content (AvgIpc) is 3.32. The van der Waals surface area contributed by atoms with Crippen molar-refractivity contribution in [2.75, 3.05) is 10.6 Å². The van der Waals surface area contributed by atoms with E-state index in [1.807, 2.05) is 0 Å². The summed E-state index contributed by atoms with van der Waals surface area (Å²) in [7, 11) is 0. The third kappa shape index (κ3) is 11.7. The van der Waals surface area contributed by atoms with Crippen molar-refractivity contribution in [1.82, 2.24) is 4.90 Å². The quantitative estimate of drug-likeness (QED) is 0.0446. The summed E-state index contributed by atoms with van der Waals surface area (Å²) < 4.78 is 10.4. The van der Waals surface area contributed by atoms with Crippen LogP contribution in [0.15, 0.2) is 57.7 Å². The van der Waals surface area contributed by atoms with Gasteiger partial charge < -0.3 is 19.8 Å². The largest absolute Gasteiger partial charge is 0.433 e. The van der Waals surface area contributed by atoms with E-state index in [2.05, 4.69) is 17.6 Å². The normalized spacial score (nSPS) is 14.3. The number of cyclic esters (lactones) is 1. The predicted octanol–water partition coefficient (Wildman–Crippen LogP) is 9.59. The summed E-state index contributed by atoms with van der Waals surface area (Å²) in [6, 6.07) is 9.97. The first kappa shape index (κ1) is 41.2. The highest BCUT2D eigenvalue weighted by Crippen LogP contribution is 2.30. The lowest BCUT2D eigenvalue weighted by molar-refractivity contribution is -0.137. The highest BCUT2D eigenvalue weighted by molar-refractivity contribution is 6.34. The summed E-state index contributed by atoms with van der Waals surface area (Å²) in [6.45, 7) is 4.88. The minimum Gasteiger partial charge on any atom is -0.433 e. The fraction of sp³-hybridized carbons (Fsp3) is 0.512. The Morgan fingerprint density at radius 2 is 1.36 bits per heavy atom. The van der Waals surface area contributed by atoms with Gasteiger partial charge in [-0.05, 0) is 50.6 Å². The first-order chi connectivity index (χ1) is 25.4. The fourth-order valence-electron chi connectivity index (χ4n) is 6.42. The number of fused-ring (bicyclic) bond motifs is 1. The molecule has 1 unspecified atom stereocenters. The van der Waals surface area contributed by atoms with Gasteiger partial charge in [-0.1, -0.05) is 127 Å². The molecule has 2 N–H and O–H groups in total. The third-order valence-corrected chi connectivity index (χ3v) is 9.78. The minimum absolute atomic E-state index is 0.00376. The predicted molar refractivity (Wildman–Crippen MR) is 206 cm³/mol. The molecule has 1 saturated heterocycles. The van der Waals surface area contributed by atoms with E-state index >= 15 is 0 Å². The number of nitrogens with zero attached hydrogens (tertiary/aromatic N) is 1. The lowest BCUT2D eigenvalue weighted by atomic mass is 10.0. The van der Waals surface area contributed by atoms with Gasteiger partial charge in [-0.2, -0.15) is 0 Å². The van der Waals surface area contributed by atoms with Gasteiger partial charge in [0.1, 0.15) is 11.1 Å². The molecule has 1 atom stereocenters. The number of carbonyl (C=O) groups is 5. The number of imide groups is 1. The fourth-order valence-corrected chi connectivity index (χ4v) is 6.59. The average molecular weight is 750 g/mol. The van der Waals surface area contributed by atoms with Crippen LogP contribution in [-0.4, -0.2) is 46.1 Å². The summed E-state index contributed by atoms with van der Waals surface area (Å²) in [5.74, 6) is -3.45. The molecule has 3 aromatic rings. The number of carbonyl (C=O) groups excluding carboxylic acids is 5. The first-order valence-corrected chi connectivity index (χ1v) is 19.3. The molecule has 53 heavy (non-hydrogen) atoms. The Balaban J connectivity index is 1.31. The van der Waals surface area contributed by atoms with Crippen molar-refractivity contribution >= 4 is 63.5 Å². The number of ether oxygens (including phenoxy) is 1. The van der Waals surface area contributed by atoms with Crippen LogP contribution in [-0.2, 0) is 19.1 Å². The molecule has 12 heteroatoms. The minimum atomic E-state index is -2.14. The molecule has 1 aliphatic heterocycles. The Morgan fingerprint density at radius 1 is 0.774 bits per heavy atom. The smallest absolute Gasteiger partial charge is 0.418 e. The molecule has 11 nitrogen and oxygen atoms in total. The van der Waals surface area contributed by atoms with Gasteiger partial charge in [0.15, 0.2) is 11.6 Å². The SMILES string of the molecule is CCCCCCCCCCCCCCCCCC(=O)Nc1ccc(Cl)c(NC(=O)C(C(=O)c2cc3ccccc3oc2=O)N2C(=O)OC(C)(C)C2=O)c1. The zero-order valence-corrected chi connectivity index (χ0v) is 31.9. The molecule has 1 aromatic heterocycles. The number of nitrogens with one attached hydrogen (secondary N) is 2. The van der Waals surface area contributed by atoms with Crippen molar-refractivity contribution in [3.05, 3.63) is 69.5 Å². The van der Waals surface area contributed by atoms with E-state index in [1.54, 1.807) is 24.3 Å². The molecule has 286 valence electrons. The number of unbranched alkanes of at least 4 members (excludes halogenated alkanes) is 14. The number of hydrogen-bond donors (Lipinski definition) is 2. The van der Waals surface area contributed by atoms with E-state index < -0.39 is 46.5 Å². The number of halogens is 1. The van der Waals surface area contributed by atoms with Crippen LogP contribution in [0.25, 0.3) is 11.0 Å². The number of hydrogen-bond acceptors (Lipinski definition) is 8. The Hall–Kier alpha value is -4.51. The van der Waals surface area contributed by atoms with Crippen molar-refractivity contribution in [2.45, 2.75) is 135 Å². The number of Topliss-reactive ketones (excluding diaryl/α,β-unsaturated/α-hetero) is 1. The third-order valence-electron chi connectivity index (χ3n) is 9.45. The van der Waals surface area contributed by atoms with Gasteiger partial charge in [0.25, 0.3) is 11.8 Å². The number of rotatable bonds is 22. The van der Waals surface area contributed by atoms with Crippen LogP contribution in [0.5, 0.6) is 0 Å². The van der Waals surface area contributed by atoms with Gasteiger partial charge in [-0.15, -0.1) is 0 Å². The molecule has 0 saturated carbocycles. The van der Waals surface area contributed by atoms with Crippen molar-refractivity contribution < 1.29 is 33.1 Å². The van der Waals surface area contributed by atoms with Crippen LogP contribution in [0.3, 0.4) is 0 Å². The lowest BCUT2D eigenvalue weighted by Gasteiger charge is -2.23. The molecule has 0 spiro atoms. The monoisotopic (exact) mass is 749 g/mol. The highest BCUT2D eigenvalue weighted by atomic mass is 35.5. The van der Waals surface area contributed by atoms with Crippen molar-refractivity contribution in [3.63, 3.8) is 0 Å². The van der Waals surface area contributed by atoms with Crippen LogP contribution in [0.2, 0.25) is 5.02 Å².